The van der Waals surface area contributed by atoms with Crippen LogP contribution in [0.4, 0.5) is 5.69 Å². The lowest BCUT2D eigenvalue weighted by Crippen LogP contribution is -1.71. The van der Waals surface area contributed by atoms with E-state index in [1.807, 2.05) is 42.5 Å². The number of hydrogen-bond acceptors (Lipinski definition) is 1. The summed E-state index contributed by atoms with van der Waals surface area (Å²) in [6.45, 7) is 0. The van der Waals surface area contributed by atoms with E-state index in [2.05, 4.69) is 4.74 Å². The van der Waals surface area contributed by atoms with Crippen LogP contribution in [0.25, 0.3) is 10.8 Å². The summed E-state index contributed by atoms with van der Waals surface area (Å²) in [4.78, 5) is 0. The highest BCUT2D eigenvalue weighted by molar-refractivity contribution is 8.26. The summed E-state index contributed by atoms with van der Waals surface area (Å²) in [6, 6.07) is 13.6. The van der Waals surface area contributed by atoms with Crippen LogP contribution in [0.1, 0.15) is 0 Å². The van der Waals surface area contributed by atoms with E-state index in [-0.39, 0.29) is 0 Å². The zero-order chi connectivity index (χ0) is 10.9. The van der Waals surface area contributed by atoms with Crippen LogP contribution in [0.15, 0.2) is 47.2 Å². The van der Waals surface area contributed by atoms with E-state index in [1.165, 1.54) is 0 Å². The standard InChI is InChI=1S/C10H7Cl3NP/c11-15(12,13)14-10-7-3-5-8-4-1-2-6-9(8)10/h1-7H. The molecule has 0 aliphatic carbocycles. The van der Waals surface area contributed by atoms with E-state index < -0.39 is 5.11 Å². The smallest absolute Gasteiger partial charge is 0.223 e. The molecule has 15 heavy (non-hydrogen) atoms. The molecule has 2 rings (SSSR count). The Balaban J connectivity index is 2.72. The van der Waals surface area contributed by atoms with Crippen LogP contribution in [0.3, 0.4) is 0 Å². The van der Waals surface area contributed by atoms with Crippen molar-refractivity contribution in [3.8, 4) is 0 Å². The first-order chi connectivity index (χ1) is 7.06. The van der Waals surface area contributed by atoms with Crippen LogP contribution in [-0.4, -0.2) is 0 Å². The Bertz CT molecular complexity index is 534. The summed E-state index contributed by atoms with van der Waals surface area (Å²) in [5.41, 5.74) is 0.737. The highest BCUT2D eigenvalue weighted by Gasteiger charge is 2.07. The minimum atomic E-state index is -2.70. The fourth-order valence-corrected chi connectivity index (χ4v) is 2.57. The van der Waals surface area contributed by atoms with Crippen molar-refractivity contribution in [3.63, 3.8) is 0 Å². The van der Waals surface area contributed by atoms with Gasteiger partial charge in [-0.3, -0.25) is 0 Å². The monoisotopic (exact) mass is 277 g/mol. The lowest BCUT2D eigenvalue weighted by atomic mass is 10.1. The van der Waals surface area contributed by atoms with E-state index in [1.54, 1.807) is 0 Å². The van der Waals surface area contributed by atoms with E-state index in [4.69, 9.17) is 33.7 Å². The maximum Gasteiger partial charge on any atom is 0.229 e. The molecule has 0 aliphatic heterocycles. The third-order valence-corrected chi connectivity index (χ3v) is 3.11. The fraction of sp³-hybridized carbons (Fsp3) is 0. The molecule has 0 N–H and O–H groups in total. The van der Waals surface area contributed by atoms with Gasteiger partial charge in [-0.15, -0.1) is 0 Å². The third kappa shape index (κ3) is 2.89. The molecule has 5 heteroatoms. The zero-order valence-electron chi connectivity index (χ0n) is 7.57. The van der Waals surface area contributed by atoms with E-state index >= 15 is 0 Å². The van der Waals surface area contributed by atoms with Crippen LogP contribution < -0.4 is 0 Å². The molecule has 2 aromatic carbocycles. The average molecular weight is 279 g/mol. The van der Waals surface area contributed by atoms with Gasteiger partial charge in [-0.1, -0.05) is 36.4 Å². The number of nitrogens with zero attached hydrogens (tertiary/aromatic N) is 1. The molecular formula is C10H7Cl3NP. The van der Waals surface area contributed by atoms with Crippen molar-refractivity contribution >= 4 is 55.3 Å². The fourth-order valence-electron chi connectivity index (χ4n) is 1.42. The highest BCUT2D eigenvalue weighted by atomic mass is 36.0. The molecule has 0 aliphatic rings. The lowest BCUT2D eigenvalue weighted by molar-refractivity contribution is 1.61. The van der Waals surface area contributed by atoms with Crippen LogP contribution in [-0.2, 0) is 0 Å². The van der Waals surface area contributed by atoms with Crippen LogP contribution in [0.5, 0.6) is 0 Å². The summed E-state index contributed by atoms with van der Waals surface area (Å²) in [5, 5.41) is -0.600. The van der Waals surface area contributed by atoms with E-state index in [0.717, 1.165) is 16.5 Å². The van der Waals surface area contributed by atoms with Crippen molar-refractivity contribution in [3.05, 3.63) is 42.5 Å². The van der Waals surface area contributed by atoms with Crippen molar-refractivity contribution < 1.29 is 0 Å². The van der Waals surface area contributed by atoms with Crippen molar-refractivity contribution in [1.82, 2.24) is 0 Å². The molecular weight excluding hydrogens is 271 g/mol. The SMILES string of the molecule is ClP(Cl)(Cl)=Nc1cccc2ccccc12. The molecule has 0 bridgehead atoms. The highest BCUT2D eigenvalue weighted by Crippen LogP contribution is 2.66. The second-order valence-electron chi connectivity index (χ2n) is 3.02. The summed E-state index contributed by atoms with van der Waals surface area (Å²) in [7, 11) is 0. The molecule has 1 nitrogen and oxygen atoms in total. The molecule has 0 atom stereocenters. The van der Waals surface area contributed by atoms with Crippen molar-refractivity contribution in [2.45, 2.75) is 0 Å². The molecule has 0 fully saturated rings. The number of fused-ring (bicyclic) bond motifs is 1. The Kier molecular flexibility index (Phi) is 3.27. The first-order valence-electron chi connectivity index (χ1n) is 4.25. The van der Waals surface area contributed by atoms with Crippen molar-refractivity contribution in [2.75, 3.05) is 0 Å². The summed E-state index contributed by atoms with van der Waals surface area (Å²) >= 11 is 17.2. The Morgan fingerprint density at radius 1 is 0.867 bits per heavy atom. The van der Waals surface area contributed by atoms with Gasteiger partial charge >= 0.3 is 0 Å². The summed E-state index contributed by atoms with van der Waals surface area (Å²) in [5.74, 6) is 0. The number of benzene rings is 2. The van der Waals surface area contributed by atoms with Gasteiger partial charge in [0.2, 0.25) is 5.11 Å². The Morgan fingerprint density at radius 2 is 1.53 bits per heavy atom. The van der Waals surface area contributed by atoms with Crippen LogP contribution in [0.2, 0.25) is 0 Å². The third-order valence-electron chi connectivity index (χ3n) is 1.99. The van der Waals surface area contributed by atoms with Gasteiger partial charge in [0.25, 0.3) is 0 Å². The van der Waals surface area contributed by atoms with Gasteiger partial charge in [0.15, 0.2) is 0 Å². The first kappa shape index (κ1) is 11.3. The van der Waals surface area contributed by atoms with Gasteiger partial charge in [-0.25, -0.2) is 4.74 Å². The van der Waals surface area contributed by atoms with Gasteiger partial charge in [-0.05, 0) is 45.2 Å². The second kappa shape index (κ2) is 4.35. The van der Waals surface area contributed by atoms with Crippen molar-refractivity contribution in [2.24, 2.45) is 4.74 Å². The maximum absolute atomic E-state index is 5.74. The minimum Gasteiger partial charge on any atom is -0.223 e. The number of halogens is 3. The molecule has 0 amide bonds. The Hall–Kier alpha value is -0.200. The zero-order valence-corrected chi connectivity index (χ0v) is 10.7. The predicted molar refractivity (Wildman–Crippen MR) is 70.5 cm³/mol. The predicted octanol–water partition coefficient (Wildman–Crippen LogP) is 6.13. The lowest BCUT2D eigenvalue weighted by Gasteiger charge is -2.03. The maximum atomic E-state index is 5.74. The average Bonchev–Trinajstić information content (AvgIpc) is 2.16. The van der Waals surface area contributed by atoms with E-state index in [9.17, 15) is 0 Å². The summed E-state index contributed by atoms with van der Waals surface area (Å²) < 4.78 is 4.13. The molecule has 78 valence electrons. The topological polar surface area (TPSA) is 12.4 Å². The summed E-state index contributed by atoms with van der Waals surface area (Å²) in [6.07, 6.45) is 0. The minimum absolute atomic E-state index is 0.737. The molecule has 0 aromatic heterocycles. The van der Waals surface area contributed by atoms with Gasteiger partial charge in [0, 0.05) is 5.39 Å². The first-order valence-corrected chi connectivity index (χ1v) is 8.71. The van der Waals surface area contributed by atoms with Crippen LogP contribution >= 0.6 is 38.8 Å². The van der Waals surface area contributed by atoms with Gasteiger partial charge in [0.05, 0.1) is 5.69 Å². The molecule has 0 heterocycles. The molecule has 0 saturated heterocycles. The molecule has 0 unspecified atom stereocenters. The van der Waals surface area contributed by atoms with Gasteiger partial charge < -0.3 is 0 Å². The van der Waals surface area contributed by atoms with Crippen LogP contribution in [0, 0.1) is 0 Å². The van der Waals surface area contributed by atoms with E-state index in [0.29, 0.717) is 0 Å². The Morgan fingerprint density at radius 3 is 2.27 bits per heavy atom. The number of rotatable bonds is 1. The van der Waals surface area contributed by atoms with Crippen molar-refractivity contribution in [1.29, 1.82) is 0 Å². The molecule has 0 saturated carbocycles. The normalized spacial score (nSPS) is 11.7. The second-order valence-corrected chi connectivity index (χ2v) is 10.0. The number of hydrogen-bond donors (Lipinski definition) is 0. The molecule has 0 spiro atoms. The Labute approximate surface area is 102 Å². The quantitative estimate of drug-likeness (QED) is 0.556. The molecule has 2 aromatic rings. The van der Waals surface area contributed by atoms with Gasteiger partial charge in [0.1, 0.15) is 0 Å². The van der Waals surface area contributed by atoms with Gasteiger partial charge in [-0.2, -0.15) is 0 Å². The largest absolute Gasteiger partial charge is 0.229 e. The molecule has 0 radical (unpaired) electrons.